The lowest BCUT2D eigenvalue weighted by molar-refractivity contribution is -0.129. The van der Waals surface area contributed by atoms with Gasteiger partial charge in [-0.25, -0.2) is 0 Å². The molecular formula is C26H53NO. The van der Waals surface area contributed by atoms with Crippen LogP contribution < -0.4 is 5.73 Å². The molecule has 0 saturated carbocycles. The van der Waals surface area contributed by atoms with E-state index in [4.69, 9.17) is 5.73 Å². The van der Waals surface area contributed by atoms with Gasteiger partial charge in [0.05, 0.1) is 0 Å². The van der Waals surface area contributed by atoms with E-state index >= 15 is 0 Å². The zero-order valence-electron chi connectivity index (χ0n) is 19.8. The highest BCUT2D eigenvalue weighted by atomic mass is 16.1. The van der Waals surface area contributed by atoms with Crippen LogP contribution in [0.2, 0.25) is 0 Å². The van der Waals surface area contributed by atoms with Crippen molar-refractivity contribution in [2.75, 3.05) is 0 Å². The van der Waals surface area contributed by atoms with Gasteiger partial charge in [-0.1, -0.05) is 136 Å². The molecule has 0 heterocycles. The smallest absolute Gasteiger partial charge is 0.223 e. The van der Waals surface area contributed by atoms with Gasteiger partial charge >= 0.3 is 0 Å². The van der Waals surface area contributed by atoms with Gasteiger partial charge in [-0.3, -0.25) is 4.79 Å². The molecule has 0 aliphatic carbocycles. The normalized spacial score (nSPS) is 11.8. The monoisotopic (exact) mass is 395 g/mol. The number of carbonyl (C=O) groups is 1. The van der Waals surface area contributed by atoms with Gasteiger partial charge in [-0.05, 0) is 19.3 Å². The van der Waals surface area contributed by atoms with E-state index in [0.29, 0.717) is 0 Å². The molecule has 0 aromatic heterocycles. The van der Waals surface area contributed by atoms with E-state index in [1.54, 1.807) is 0 Å². The Kier molecular flexibility index (Phi) is 19.4. The van der Waals surface area contributed by atoms with E-state index in [-0.39, 0.29) is 11.3 Å². The van der Waals surface area contributed by atoms with Crippen LogP contribution in [0.15, 0.2) is 0 Å². The Hall–Kier alpha value is -0.530. The molecule has 0 bridgehead atoms. The van der Waals surface area contributed by atoms with Crippen molar-refractivity contribution in [2.45, 2.75) is 156 Å². The second-order valence-corrected chi connectivity index (χ2v) is 9.20. The maximum atomic E-state index is 12.2. The molecule has 0 aliphatic rings. The fourth-order valence-electron chi connectivity index (χ4n) is 4.43. The number of carbonyl (C=O) groups excluding carboxylic acids is 1. The van der Waals surface area contributed by atoms with Gasteiger partial charge in [0.1, 0.15) is 0 Å². The second kappa shape index (κ2) is 19.8. The zero-order valence-corrected chi connectivity index (χ0v) is 19.8. The Morgan fingerprint density at radius 1 is 0.500 bits per heavy atom. The summed E-state index contributed by atoms with van der Waals surface area (Å²) in [4.78, 5) is 12.2. The summed E-state index contributed by atoms with van der Waals surface area (Å²) in [6, 6.07) is 0. The van der Waals surface area contributed by atoms with Crippen LogP contribution in [0.4, 0.5) is 0 Å². The SMILES string of the molecule is CCCCCCCCCCCCCCCCC(CCCC)(CCCC)C(N)=O. The van der Waals surface area contributed by atoms with Gasteiger partial charge < -0.3 is 5.73 Å². The van der Waals surface area contributed by atoms with Crippen LogP contribution in [0.25, 0.3) is 0 Å². The predicted molar refractivity (Wildman–Crippen MR) is 126 cm³/mol. The van der Waals surface area contributed by atoms with E-state index in [9.17, 15) is 4.79 Å². The molecule has 0 fully saturated rings. The summed E-state index contributed by atoms with van der Waals surface area (Å²) < 4.78 is 0. The highest BCUT2D eigenvalue weighted by molar-refractivity contribution is 5.80. The molecule has 2 heteroatoms. The van der Waals surface area contributed by atoms with Gasteiger partial charge in [0.15, 0.2) is 0 Å². The Balaban J connectivity index is 3.74. The first kappa shape index (κ1) is 27.5. The summed E-state index contributed by atoms with van der Waals surface area (Å²) in [5.41, 5.74) is 5.65. The largest absolute Gasteiger partial charge is 0.369 e. The highest BCUT2D eigenvalue weighted by Crippen LogP contribution is 2.36. The van der Waals surface area contributed by atoms with Gasteiger partial charge in [0.25, 0.3) is 0 Å². The standard InChI is InChI=1S/C26H53NO/c1-4-7-10-11-12-13-14-15-16-17-18-19-20-21-24-26(25(27)28,22-8-5-2)23-9-6-3/h4-24H2,1-3H3,(H2,27,28). The quantitative estimate of drug-likeness (QED) is 0.183. The molecule has 2 nitrogen and oxygen atoms in total. The molecule has 0 unspecified atom stereocenters. The minimum Gasteiger partial charge on any atom is -0.369 e. The van der Waals surface area contributed by atoms with Gasteiger partial charge in [0.2, 0.25) is 5.91 Å². The third kappa shape index (κ3) is 14.5. The van der Waals surface area contributed by atoms with Crippen LogP contribution in [0.5, 0.6) is 0 Å². The summed E-state index contributed by atoms with van der Waals surface area (Å²) >= 11 is 0. The Bertz CT molecular complexity index is 331. The van der Waals surface area contributed by atoms with E-state index in [2.05, 4.69) is 20.8 Å². The fraction of sp³-hybridized carbons (Fsp3) is 0.962. The molecule has 0 atom stereocenters. The number of hydrogen-bond acceptors (Lipinski definition) is 1. The lowest BCUT2D eigenvalue weighted by atomic mass is 9.73. The van der Waals surface area contributed by atoms with Crippen molar-refractivity contribution in [1.82, 2.24) is 0 Å². The van der Waals surface area contributed by atoms with Gasteiger partial charge in [-0.2, -0.15) is 0 Å². The van der Waals surface area contributed by atoms with E-state index in [0.717, 1.165) is 44.9 Å². The van der Waals surface area contributed by atoms with Crippen molar-refractivity contribution in [2.24, 2.45) is 11.1 Å². The number of nitrogens with two attached hydrogens (primary N) is 1. The van der Waals surface area contributed by atoms with Gasteiger partial charge in [0, 0.05) is 5.41 Å². The Morgan fingerprint density at radius 2 is 0.786 bits per heavy atom. The lowest BCUT2D eigenvalue weighted by Gasteiger charge is -2.31. The molecule has 0 rings (SSSR count). The second-order valence-electron chi connectivity index (χ2n) is 9.20. The van der Waals surface area contributed by atoms with Crippen molar-refractivity contribution in [1.29, 1.82) is 0 Å². The topological polar surface area (TPSA) is 43.1 Å². The van der Waals surface area contributed by atoms with Crippen LogP contribution in [-0.2, 0) is 4.79 Å². The van der Waals surface area contributed by atoms with Crippen molar-refractivity contribution < 1.29 is 4.79 Å². The van der Waals surface area contributed by atoms with Crippen LogP contribution in [-0.4, -0.2) is 5.91 Å². The molecule has 168 valence electrons. The summed E-state index contributed by atoms with van der Waals surface area (Å²) in [5.74, 6) is -0.0379. The lowest BCUT2D eigenvalue weighted by Crippen LogP contribution is -2.37. The average Bonchev–Trinajstić information content (AvgIpc) is 2.69. The molecule has 0 aliphatic heterocycles. The van der Waals surface area contributed by atoms with Crippen LogP contribution in [0.3, 0.4) is 0 Å². The number of amides is 1. The minimum atomic E-state index is -0.219. The number of rotatable bonds is 22. The van der Waals surface area contributed by atoms with Crippen molar-refractivity contribution in [3.8, 4) is 0 Å². The van der Waals surface area contributed by atoms with Crippen LogP contribution in [0.1, 0.15) is 156 Å². The molecule has 28 heavy (non-hydrogen) atoms. The van der Waals surface area contributed by atoms with Crippen molar-refractivity contribution >= 4 is 5.91 Å². The fourth-order valence-corrected chi connectivity index (χ4v) is 4.43. The molecule has 0 saturated heterocycles. The van der Waals surface area contributed by atoms with Gasteiger partial charge in [-0.15, -0.1) is 0 Å². The molecule has 2 N–H and O–H groups in total. The first-order valence-electron chi connectivity index (χ1n) is 12.9. The first-order chi connectivity index (χ1) is 13.6. The van der Waals surface area contributed by atoms with Crippen molar-refractivity contribution in [3.63, 3.8) is 0 Å². The molecule has 0 spiro atoms. The summed E-state index contributed by atoms with van der Waals surface area (Å²) in [5, 5.41) is 0. The summed E-state index contributed by atoms with van der Waals surface area (Å²) in [6.07, 6.45) is 26.9. The highest BCUT2D eigenvalue weighted by Gasteiger charge is 2.34. The predicted octanol–water partition coefficient (Wildman–Crippen LogP) is 8.71. The third-order valence-corrected chi connectivity index (χ3v) is 6.55. The first-order valence-corrected chi connectivity index (χ1v) is 12.9. The molecule has 0 aromatic carbocycles. The number of hydrogen-bond donors (Lipinski definition) is 1. The zero-order chi connectivity index (χ0) is 20.9. The average molecular weight is 396 g/mol. The minimum absolute atomic E-state index is 0.0379. The maximum absolute atomic E-state index is 12.2. The van der Waals surface area contributed by atoms with E-state index < -0.39 is 0 Å². The van der Waals surface area contributed by atoms with Crippen LogP contribution in [0, 0.1) is 5.41 Å². The maximum Gasteiger partial charge on any atom is 0.223 e. The molecule has 1 amide bonds. The molecule has 0 aromatic rings. The Labute approximate surface area is 177 Å². The van der Waals surface area contributed by atoms with E-state index in [1.165, 1.54) is 89.9 Å². The van der Waals surface area contributed by atoms with Crippen LogP contribution >= 0.6 is 0 Å². The summed E-state index contributed by atoms with van der Waals surface area (Å²) in [7, 11) is 0. The van der Waals surface area contributed by atoms with E-state index in [1.807, 2.05) is 0 Å². The Morgan fingerprint density at radius 3 is 1.11 bits per heavy atom. The van der Waals surface area contributed by atoms with Crippen molar-refractivity contribution in [3.05, 3.63) is 0 Å². The number of unbranched alkanes of at least 4 members (excludes halogenated alkanes) is 15. The molecular weight excluding hydrogens is 342 g/mol. The summed E-state index contributed by atoms with van der Waals surface area (Å²) in [6.45, 7) is 6.70. The molecule has 0 radical (unpaired) electrons. The third-order valence-electron chi connectivity index (χ3n) is 6.55. The number of primary amides is 1.